The van der Waals surface area contributed by atoms with E-state index < -0.39 is 11.8 Å². The number of carbonyl (C=O) groups excluding carboxylic acids is 2. The Labute approximate surface area is 106 Å². The summed E-state index contributed by atoms with van der Waals surface area (Å²) in [7, 11) is 1.24. The van der Waals surface area contributed by atoms with E-state index in [4.69, 9.17) is 0 Å². The van der Waals surface area contributed by atoms with E-state index in [0.717, 1.165) is 32.4 Å². The SMILES string of the molecule is COC(=O)C(=O)c1cc2c3c(c1)CCN3CCC2. The number of hydrogen-bond acceptors (Lipinski definition) is 4. The summed E-state index contributed by atoms with van der Waals surface area (Å²) in [6.07, 6.45) is 3.06. The predicted molar refractivity (Wildman–Crippen MR) is 67.0 cm³/mol. The molecule has 0 aromatic heterocycles. The maximum absolute atomic E-state index is 11.9. The highest BCUT2D eigenvalue weighted by Crippen LogP contribution is 2.36. The highest BCUT2D eigenvalue weighted by Gasteiger charge is 2.28. The molecule has 0 unspecified atom stereocenters. The fraction of sp³-hybridized carbons (Fsp3) is 0.429. The van der Waals surface area contributed by atoms with Crippen LogP contribution < -0.4 is 4.90 Å². The minimum absolute atomic E-state index is 0.472. The quantitative estimate of drug-likeness (QED) is 0.448. The highest BCUT2D eigenvalue weighted by atomic mass is 16.5. The zero-order valence-electron chi connectivity index (χ0n) is 10.4. The molecule has 0 saturated carbocycles. The fourth-order valence-electron chi connectivity index (χ4n) is 2.94. The number of carbonyl (C=O) groups is 2. The molecule has 2 aliphatic heterocycles. The second-order valence-corrected chi connectivity index (χ2v) is 4.80. The van der Waals surface area contributed by atoms with Crippen molar-refractivity contribution in [1.82, 2.24) is 0 Å². The number of hydrogen-bond donors (Lipinski definition) is 0. The second kappa shape index (κ2) is 4.12. The minimum Gasteiger partial charge on any atom is -0.463 e. The van der Waals surface area contributed by atoms with Crippen molar-refractivity contribution in [2.75, 3.05) is 25.1 Å². The third kappa shape index (κ3) is 1.60. The van der Waals surface area contributed by atoms with E-state index in [-0.39, 0.29) is 0 Å². The van der Waals surface area contributed by atoms with E-state index in [0.29, 0.717) is 5.56 Å². The van der Waals surface area contributed by atoms with Crippen LogP contribution >= 0.6 is 0 Å². The van der Waals surface area contributed by atoms with E-state index in [9.17, 15) is 9.59 Å². The number of rotatable bonds is 2. The average Bonchev–Trinajstić information content (AvgIpc) is 2.82. The molecule has 0 bridgehead atoms. The summed E-state index contributed by atoms with van der Waals surface area (Å²) in [6.45, 7) is 2.13. The molecule has 1 aromatic rings. The van der Waals surface area contributed by atoms with Gasteiger partial charge in [-0.1, -0.05) is 0 Å². The van der Waals surface area contributed by atoms with Crippen molar-refractivity contribution in [3.63, 3.8) is 0 Å². The molecule has 4 nitrogen and oxygen atoms in total. The van der Waals surface area contributed by atoms with Gasteiger partial charge in [0.1, 0.15) is 0 Å². The standard InChI is InChI=1S/C14H15NO3/c1-18-14(17)13(16)11-7-9-3-2-5-15-6-4-10(8-11)12(9)15/h7-8H,2-6H2,1H3. The summed E-state index contributed by atoms with van der Waals surface area (Å²) in [4.78, 5) is 25.5. The van der Waals surface area contributed by atoms with Crippen LogP contribution in [0.15, 0.2) is 12.1 Å². The van der Waals surface area contributed by atoms with Gasteiger partial charge in [0, 0.05) is 24.3 Å². The first kappa shape index (κ1) is 11.3. The molecule has 0 fully saturated rings. The molecular weight excluding hydrogens is 230 g/mol. The monoisotopic (exact) mass is 245 g/mol. The van der Waals surface area contributed by atoms with Crippen LogP contribution in [0, 0.1) is 0 Å². The molecule has 1 aromatic carbocycles. The van der Waals surface area contributed by atoms with Gasteiger partial charge in [-0.15, -0.1) is 0 Å². The zero-order valence-corrected chi connectivity index (χ0v) is 10.4. The molecule has 0 N–H and O–H groups in total. The van der Waals surface area contributed by atoms with E-state index in [1.54, 1.807) is 0 Å². The van der Waals surface area contributed by atoms with Crippen molar-refractivity contribution in [1.29, 1.82) is 0 Å². The van der Waals surface area contributed by atoms with Gasteiger partial charge in [-0.25, -0.2) is 4.79 Å². The fourth-order valence-corrected chi connectivity index (χ4v) is 2.94. The van der Waals surface area contributed by atoms with Crippen molar-refractivity contribution in [3.8, 4) is 0 Å². The number of ether oxygens (including phenoxy) is 1. The van der Waals surface area contributed by atoms with Gasteiger partial charge in [0.05, 0.1) is 7.11 Å². The number of benzene rings is 1. The average molecular weight is 245 g/mol. The smallest absolute Gasteiger partial charge is 0.379 e. The first-order valence-corrected chi connectivity index (χ1v) is 6.24. The molecule has 3 rings (SSSR count). The van der Waals surface area contributed by atoms with Gasteiger partial charge in [0.15, 0.2) is 0 Å². The molecule has 4 heteroatoms. The highest BCUT2D eigenvalue weighted by molar-refractivity contribution is 6.40. The Bertz CT molecular complexity index is 536. The molecule has 2 heterocycles. The predicted octanol–water partition coefficient (Wildman–Crippen LogP) is 1.35. The van der Waals surface area contributed by atoms with Crippen LogP contribution in [0.3, 0.4) is 0 Å². The summed E-state index contributed by atoms with van der Waals surface area (Å²) in [5.74, 6) is -1.33. The Hall–Kier alpha value is -1.84. The lowest BCUT2D eigenvalue weighted by Gasteiger charge is -2.27. The van der Waals surface area contributed by atoms with E-state index >= 15 is 0 Å². The van der Waals surface area contributed by atoms with Crippen LogP contribution in [0.2, 0.25) is 0 Å². The Balaban J connectivity index is 2.05. The maximum Gasteiger partial charge on any atom is 0.379 e. The van der Waals surface area contributed by atoms with Gasteiger partial charge in [0.25, 0.3) is 5.78 Å². The van der Waals surface area contributed by atoms with Crippen molar-refractivity contribution in [2.24, 2.45) is 0 Å². The topological polar surface area (TPSA) is 46.6 Å². The Morgan fingerprint density at radius 2 is 1.89 bits per heavy atom. The van der Waals surface area contributed by atoms with Crippen LogP contribution in [-0.4, -0.2) is 32.0 Å². The van der Waals surface area contributed by atoms with Crippen LogP contribution in [0.25, 0.3) is 0 Å². The van der Waals surface area contributed by atoms with E-state index in [1.165, 1.54) is 23.9 Å². The van der Waals surface area contributed by atoms with Gasteiger partial charge < -0.3 is 9.64 Å². The lowest BCUT2D eigenvalue weighted by Crippen LogP contribution is -2.26. The molecule has 0 aliphatic carbocycles. The molecule has 0 atom stereocenters. The molecule has 0 spiro atoms. The normalized spacial score (nSPS) is 16.4. The first-order valence-electron chi connectivity index (χ1n) is 6.24. The molecule has 2 aliphatic rings. The zero-order chi connectivity index (χ0) is 12.7. The van der Waals surface area contributed by atoms with Gasteiger partial charge in [-0.05, 0) is 42.5 Å². The molecule has 18 heavy (non-hydrogen) atoms. The second-order valence-electron chi connectivity index (χ2n) is 4.80. The van der Waals surface area contributed by atoms with Crippen molar-refractivity contribution >= 4 is 17.4 Å². The number of aryl methyl sites for hydroxylation is 1. The molecular formula is C14H15NO3. The van der Waals surface area contributed by atoms with Crippen LogP contribution in [-0.2, 0) is 22.4 Å². The van der Waals surface area contributed by atoms with Crippen LogP contribution in [0.5, 0.6) is 0 Å². The number of ketones is 1. The lowest BCUT2D eigenvalue weighted by atomic mass is 9.95. The number of anilines is 1. The molecule has 0 saturated heterocycles. The largest absolute Gasteiger partial charge is 0.463 e. The van der Waals surface area contributed by atoms with Crippen LogP contribution in [0.4, 0.5) is 5.69 Å². The molecule has 0 radical (unpaired) electrons. The third-order valence-electron chi connectivity index (χ3n) is 3.74. The van der Waals surface area contributed by atoms with Gasteiger partial charge in [-0.2, -0.15) is 0 Å². The number of Topliss-reactive ketones (excluding diaryl/α,β-unsaturated/α-hetero) is 1. The van der Waals surface area contributed by atoms with Gasteiger partial charge >= 0.3 is 5.97 Å². The van der Waals surface area contributed by atoms with Crippen molar-refractivity contribution < 1.29 is 14.3 Å². The molecule has 0 amide bonds. The van der Waals surface area contributed by atoms with Crippen LogP contribution in [0.1, 0.15) is 27.9 Å². The Kier molecular flexibility index (Phi) is 2.58. The summed E-state index contributed by atoms with van der Waals surface area (Å²) >= 11 is 0. The van der Waals surface area contributed by atoms with Crippen molar-refractivity contribution in [2.45, 2.75) is 19.3 Å². The number of methoxy groups -OCH3 is 1. The minimum atomic E-state index is -0.784. The Morgan fingerprint density at radius 1 is 1.17 bits per heavy atom. The maximum atomic E-state index is 11.9. The number of nitrogens with zero attached hydrogens (tertiary/aromatic N) is 1. The summed E-state index contributed by atoms with van der Waals surface area (Å²) < 4.78 is 4.50. The van der Waals surface area contributed by atoms with Crippen molar-refractivity contribution in [3.05, 3.63) is 28.8 Å². The summed E-state index contributed by atoms with van der Waals surface area (Å²) in [5, 5.41) is 0. The van der Waals surface area contributed by atoms with Gasteiger partial charge in [-0.3, -0.25) is 4.79 Å². The third-order valence-corrected chi connectivity index (χ3v) is 3.74. The summed E-state index contributed by atoms with van der Waals surface area (Å²) in [5.41, 5.74) is 4.16. The first-order chi connectivity index (χ1) is 8.70. The Morgan fingerprint density at radius 3 is 2.61 bits per heavy atom. The lowest BCUT2D eigenvalue weighted by molar-refractivity contribution is -0.135. The number of esters is 1. The van der Waals surface area contributed by atoms with E-state index in [2.05, 4.69) is 9.64 Å². The van der Waals surface area contributed by atoms with Gasteiger partial charge in [0.2, 0.25) is 0 Å². The molecule has 94 valence electrons. The van der Waals surface area contributed by atoms with E-state index in [1.807, 2.05) is 12.1 Å². The summed E-state index contributed by atoms with van der Waals surface area (Å²) in [6, 6.07) is 3.71.